The third-order valence-corrected chi connectivity index (χ3v) is 20.8. The highest BCUT2D eigenvalue weighted by molar-refractivity contribution is 7.15. The molecular formula is C73H78ClN17O16S. The van der Waals surface area contributed by atoms with Gasteiger partial charge < -0.3 is 49.3 Å². The predicted octanol–water partition coefficient (Wildman–Crippen LogP) is 5.78. The summed E-state index contributed by atoms with van der Waals surface area (Å²) in [5.74, 6) is -3.34. The predicted molar refractivity (Wildman–Crippen MR) is 385 cm³/mol. The van der Waals surface area contributed by atoms with Crippen LogP contribution in [0, 0.1) is 44.4 Å². The van der Waals surface area contributed by atoms with Crippen LogP contribution in [-0.2, 0) is 65.7 Å². The molecule has 2 saturated heterocycles. The molecule has 0 radical (unpaired) electrons. The maximum absolute atomic E-state index is 14.0. The SMILES string of the molecule is COCCNC(=O)CCN(Cc1cn(CCOCC(=O)Oc2nc(OCCOCCNc3cccc4c3C(=O)N(C3CCC(=O)NC3=O)C4=O)nc(Oc3ccc(NC(=O)CC4N=C(c5ccc(Cl)cc5)c5c(sc(C)c5C)-n5c(C)nnc54)cc3)n2)nn1)C(=O)CCCCCN1C(=O)C2[C@@H](C1=O)[C@@H]1C=C[C@H]2C1. The summed E-state index contributed by atoms with van der Waals surface area (Å²) in [5.41, 5.74) is 4.89. The molecule has 0 spiro atoms. The van der Waals surface area contributed by atoms with Crippen molar-refractivity contribution < 1.29 is 76.4 Å². The van der Waals surface area contributed by atoms with E-state index in [0.29, 0.717) is 78.4 Å². The van der Waals surface area contributed by atoms with Crippen molar-refractivity contribution in [3.05, 3.63) is 140 Å². The number of imide groups is 3. The lowest BCUT2D eigenvalue weighted by Crippen LogP contribution is -2.54. The molecule has 6 aliphatic rings. The zero-order valence-electron chi connectivity index (χ0n) is 59.5. The van der Waals surface area contributed by atoms with Crippen molar-refractivity contribution >= 4 is 99.2 Å². The maximum atomic E-state index is 14.0. The number of halogens is 1. The number of nitrogens with one attached hydrogen (secondary N) is 4. The minimum absolute atomic E-state index is 0.0120. The Morgan fingerprint density at radius 2 is 1.53 bits per heavy atom. The molecule has 13 rings (SSSR count). The first-order chi connectivity index (χ1) is 52.3. The van der Waals surface area contributed by atoms with E-state index in [-0.39, 0.29) is 167 Å². The molecule has 7 aromatic rings. The summed E-state index contributed by atoms with van der Waals surface area (Å²) in [7, 11) is 1.53. The second-order valence-electron chi connectivity index (χ2n) is 26.6. The van der Waals surface area contributed by atoms with Crippen LogP contribution in [0.4, 0.5) is 11.4 Å². The fourth-order valence-electron chi connectivity index (χ4n) is 14.1. The van der Waals surface area contributed by atoms with E-state index in [9.17, 15) is 47.9 Å². The first-order valence-corrected chi connectivity index (χ1v) is 36.7. The number of aryl methyl sites for hydroxylation is 2. The molecule has 1 saturated carbocycles. The number of hydrogen-bond acceptors (Lipinski definition) is 26. The van der Waals surface area contributed by atoms with Gasteiger partial charge in [-0.2, -0.15) is 0 Å². The number of anilines is 2. The van der Waals surface area contributed by atoms with Crippen LogP contribution in [0.3, 0.4) is 0 Å². The zero-order valence-corrected chi connectivity index (χ0v) is 61.1. The van der Waals surface area contributed by atoms with Crippen molar-refractivity contribution in [1.82, 2.24) is 70.0 Å². The third kappa shape index (κ3) is 17.0. The number of unbranched alkanes of at least 4 members (excludes halogenated alkanes) is 2. The molecular weight excluding hydrogens is 1440 g/mol. The van der Waals surface area contributed by atoms with E-state index in [1.54, 1.807) is 66.1 Å². The normalized spacial score (nSPS) is 18.8. The van der Waals surface area contributed by atoms with Crippen molar-refractivity contribution in [1.29, 1.82) is 0 Å². The van der Waals surface area contributed by atoms with Crippen molar-refractivity contribution in [3.8, 4) is 28.8 Å². The number of aliphatic imine (C=N–C) groups is 1. The average Bonchev–Trinajstić information content (AvgIpc) is 1.70. The second kappa shape index (κ2) is 33.8. The topological polar surface area (TPSA) is 396 Å². The Kier molecular flexibility index (Phi) is 23.5. The quantitative estimate of drug-likeness (QED) is 0.0158. The van der Waals surface area contributed by atoms with E-state index < -0.39 is 54.3 Å². The molecule has 33 nitrogen and oxygen atoms in total. The minimum atomic E-state index is -1.13. The minimum Gasteiger partial charge on any atom is -0.461 e. The Hall–Kier alpha value is -11.1. The molecule has 4 aromatic heterocycles. The van der Waals surface area contributed by atoms with Gasteiger partial charge in [0.25, 0.3) is 11.8 Å². The van der Waals surface area contributed by atoms with Gasteiger partial charge in [-0.05, 0) is 112 Å². The number of fused-ring (bicyclic) bond motifs is 9. The Morgan fingerprint density at radius 1 is 0.759 bits per heavy atom. The number of piperidine rings is 1. The number of carbonyl (C=O) groups is 10. The number of aromatic nitrogens is 9. The van der Waals surface area contributed by atoms with Crippen LogP contribution >= 0.6 is 22.9 Å². The number of hydrogen-bond donors (Lipinski definition) is 4. The van der Waals surface area contributed by atoms with Gasteiger partial charge in [-0.3, -0.25) is 67.8 Å². The second-order valence-corrected chi connectivity index (χ2v) is 28.2. The number of nitrogens with zero attached hydrogens (tertiary/aromatic N) is 13. The van der Waals surface area contributed by atoms with Gasteiger partial charge >= 0.3 is 24.0 Å². The Morgan fingerprint density at radius 3 is 2.30 bits per heavy atom. The van der Waals surface area contributed by atoms with Gasteiger partial charge in [0.2, 0.25) is 41.4 Å². The number of ether oxygens (including phenoxy) is 6. The largest absolute Gasteiger partial charge is 0.461 e. The number of amides is 9. The van der Waals surface area contributed by atoms with Gasteiger partial charge in [0.1, 0.15) is 47.6 Å². The highest BCUT2D eigenvalue weighted by atomic mass is 35.5. The van der Waals surface area contributed by atoms with Crippen LogP contribution in [0.2, 0.25) is 5.02 Å². The number of rotatable bonds is 35. The number of benzene rings is 3. The molecule has 4 N–H and O–H groups in total. The highest BCUT2D eigenvalue weighted by Crippen LogP contribution is 2.52. The molecule has 4 aliphatic heterocycles. The number of allylic oxidation sites excluding steroid dienone is 2. The maximum Gasteiger partial charge on any atom is 0.339 e. The van der Waals surface area contributed by atoms with Crippen molar-refractivity contribution in [2.45, 2.75) is 104 Å². The summed E-state index contributed by atoms with van der Waals surface area (Å²) < 4.78 is 37.4. The Labute approximate surface area is 627 Å². The van der Waals surface area contributed by atoms with Crippen LogP contribution in [0.25, 0.3) is 5.00 Å². The fraction of sp³-hybridized carbons (Fsp3) is 0.425. The van der Waals surface area contributed by atoms with E-state index >= 15 is 0 Å². The number of esters is 1. The Bertz CT molecular complexity index is 4670. The molecule has 3 fully saturated rings. The lowest BCUT2D eigenvalue weighted by atomic mass is 9.85. The van der Waals surface area contributed by atoms with Gasteiger partial charge in [-0.1, -0.05) is 53.6 Å². The van der Waals surface area contributed by atoms with Crippen LogP contribution < -0.4 is 35.5 Å². The van der Waals surface area contributed by atoms with Gasteiger partial charge in [-0.25, -0.2) is 9.48 Å². The Balaban J connectivity index is 0.618. The van der Waals surface area contributed by atoms with Crippen molar-refractivity contribution in [2.24, 2.45) is 28.7 Å². The number of methoxy groups -OCH3 is 1. The van der Waals surface area contributed by atoms with Crippen molar-refractivity contribution in [3.63, 3.8) is 0 Å². The molecule has 8 heterocycles. The number of likely N-dealkylation sites (tertiary alicyclic amines) is 1. The van der Waals surface area contributed by atoms with Gasteiger partial charge in [0.15, 0.2) is 5.82 Å². The van der Waals surface area contributed by atoms with Crippen LogP contribution in [0.5, 0.6) is 23.8 Å². The summed E-state index contributed by atoms with van der Waals surface area (Å²) in [5, 5.41) is 29.9. The van der Waals surface area contributed by atoms with Gasteiger partial charge in [0.05, 0.1) is 80.8 Å². The van der Waals surface area contributed by atoms with E-state index in [2.05, 4.69) is 75.8 Å². The van der Waals surface area contributed by atoms with Crippen molar-refractivity contribution in [2.75, 3.05) is 83.6 Å². The third-order valence-electron chi connectivity index (χ3n) is 19.4. The summed E-state index contributed by atoms with van der Waals surface area (Å²) in [6.45, 7) is 6.63. The molecule has 35 heteroatoms. The molecule has 3 unspecified atom stereocenters. The summed E-state index contributed by atoms with van der Waals surface area (Å²) in [6.07, 6.45) is 8.36. The molecule has 108 heavy (non-hydrogen) atoms. The van der Waals surface area contributed by atoms with Crippen LogP contribution in [0.15, 0.2) is 90.1 Å². The fourth-order valence-corrected chi connectivity index (χ4v) is 15.4. The lowest BCUT2D eigenvalue weighted by Gasteiger charge is -2.27. The average molecular weight is 1520 g/mol. The summed E-state index contributed by atoms with van der Waals surface area (Å²) in [6, 6.07) is 15.4. The summed E-state index contributed by atoms with van der Waals surface area (Å²) in [4.78, 5) is 155. The molecule has 3 aromatic carbocycles. The number of thiophene rings is 1. The molecule has 2 bridgehead atoms. The van der Waals surface area contributed by atoms with E-state index in [0.717, 1.165) is 37.9 Å². The lowest BCUT2D eigenvalue weighted by molar-refractivity contribution is -0.141. The monoisotopic (exact) mass is 1520 g/mol. The van der Waals surface area contributed by atoms with Crippen LogP contribution in [0.1, 0.15) is 123 Å². The molecule has 2 aliphatic carbocycles. The van der Waals surface area contributed by atoms with E-state index in [1.807, 2.05) is 30.5 Å². The molecule has 564 valence electrons. The van der Waals surface area contributed by atoms with Gasteiger partial charge in [-0.15, -0.1) is 41.6 Å². The standard InChI is InChI=1S/C73H78ClN17O16S/c1-40-41(2)108-70-59(40)63(43-14-16-46(74)17-15-43)78-52(64-85-83-42(3)90(64)70)36-56(94)77-47-18-20-49(21-19-47)106-72-80-71(105-34-33-103-31-26-75-51-10-8-9-50-62(51)69(101)91(66(50)98)53-22-23-55(93)79-65(53)97)81-73(82-72)107-58(96)39-104-32-29-88-38-48(84-86-88)37-87(28-24-54(92)76-25-30-102-4)57(95)11-6-5-7-27-89-67(99)60-44-12-13-45(35-44)61(60)68(89)100/h8-10,12-21,38,44-45,52-53,60-61,75H,5-7,11,22-37,39H2,1-4H3,(H,76,92)(H,77,94)(H,79,93,97)/t44-,45+,52?,53?,60+,61?/m1/s1. The molecule has 9 amide bonds. The van der Waals surface area contributed by atoms with E-state index in [4.69, 9.17) is 45.0 Å². The molecule has 6 atom stereocenters. The van der Waals surface area contributed by atoms with Gasteiger partial charge in [0, 0.05) is 85.0 Å². The smallest absolute Gasteiger partial charge is 0.339 e. The van der Waals surface area contributed by atoms with Crippen LogP contribution in [-0.4, -0.2) is 203 Å². The highest BCUT2D eigenvalue weighted by Gasteiger charge is 2.59. The summed E-state index contributed by atoms with van der Waals surface area (Å²) >= 11 is 7.91. The number of carbonyl (C=O) groups excluding carboxylic acids is 10. The zero-order chi connectivity index (χ0) is 75.7. The first kappa shape index (κ1) is 75.2. The van der Waals surface area contributed by atoms with E-state index in [1.165, 1.54) is 27.7 Å². The first-order valence-electron chi connectivity index (χ1n) is 35.5.